The Morgan fingerprint density at radius 3 is 1.03 bits per heavy atom. The number of nitriles is 2. The maximum absolute atomic E-state index is 9.69. The molecule has 7 nitrogen and oxygen atoms in total. The Hall–Kier alpha value is -11.1. The van der Waals surface area contributed by atoms with Gasteiger partial charge in [0.05, 0.1) is 45.7 Å². The molecule has 0 bridgehead atoms. The summed E-state index contributed by atoms with van der Waals surface area (Å²) < 4.78 is 2.35. The summed E-state index contributed by atoms with van der Waals surface area (Å²) in [6, 6.07) is 103. The van der Waals surface area contributed by atoms with Gasteiger partial charge in [-0.05, 0) is 150 Å². The monoisotopic (exact) mass is 1010 g/mol. The highest BCUT2D eigenvalue weighted by atomic mass is 15.1. The van der Waals surface area contributed by atoms with Gasteiger partial charge >= 0.3 is 0 Å². The molecule has 0 aliphatic rings. The summed E-state index contributed by atoms with van der Waals surface area (Å²) in [6.45, 7) is 0. The predicted molar refractivity (Wildman–Crippen MR) is 322 cm³/mol. The first kappa shape index (κ1) is 47.6. The first-order valence-corrected chi connectivity index (χ1v) is 26.2. The quantitative estimate of drug-likeness (QED) is 0.121. The normalized spacial score (nSPS) is 11.0. The van der Waals surface area contributed by atoms with Crippen molar-refractivity contribution in [2.45, 2.75) is 0 Å². The van der Waals surface area contributed by atoms with Gasteiger partial charge in [-0.25, -0.2) is 9.97 Å². The topological polar surface area (TPSA) is 84.8 Å². The molecule has 0 saturated heterocycles. The van der Waals surface area contributed by atoms with E-state index in [0.29, 0.717) is 17.0 Å². The van der Waals surface area contributed by atoms with Gasteiger partial charge in [0.1, 0.15) is 0 Å². The number of hydrogen-bond donors (Lipinski definition) is 0. The van der Waals surface area contributed by atoms with Gasteiger partial charge in [-0.3, -0.25) is 0 Å². The van der Waals surface area contributed by atoms with Crippen LogP contribution in [0.2, 0.25) is 0 Å². The fourth-order valence-electron chi connectivity index (χ4n) is 10.5. The summed E-state index contributed by atoms with van der Waals surface area (Å²) in [4.78, 5) is 14.5. The third-order valence-corrected chi connectivity index (χ3v) is 14.5. The molecule has 0 unspecified atom stereocenters. The molecule has 0 spiro atoms. The van der Waals surface area contributed by atoms with Crippen molar-refractivity contribution >= 4 is 55.9 Å². The molecule has 0 aliphatic heterocycles. The second-order valence-corrected chi connectivity index (χ2v) is 19.3. The fraction of sp³-hybridized carbons (Fsp3) is 0. The van der Waals surface area contributed by atoms with Gasteiger partial charge in [0.15, 0.2) is 5.82 Å². The summed E-state index contributed by atoms with van der Waals surface area (Å²) in [7, 11) is 0. The van der Waals surface area contributed by atoms with E-state index in [2.05, 4.69) is 215 Å². The number of hydrogen-bond acceptors (Lipinski definition) is 6. The molecule has 2 aromatic heterocycles. The minimum absolute atomic E-state index is 0.581. The van der Waals surface area contributed by atoms with E-state index >= 15 is 0 Å². The zero-order valence-electron chi connectivity index (χ0n) is 42.8. The van der Waals surface area contributed by atoms with E-state index in [-0.39, 0.29) is 0 Å². The highest BCUT2D eigenvalue weighted by Crippen LogP contribution is 2.43. The van der Waals surface area contributed by atoms with Crippen molar-refractivity contribution in [3.63, 3.8) is 0 Å². The molecule has 13 aromatic rings. The predicted octanol–water partition coefficient (Wildman–Crippen LogP) is 18.6. The molecule has 0 radical (unpaired) electrons. The van der Waals surface area contributed by atoms with Crippen molar-refractivity contribution in [3.05, 3.63) is 296 Å². The van der Waals surface area contributed by atoms with Crippen molar-refractivity contribution in [3.8, 4) is 74.0 Å². The Balaban J connectivity index is 0.856. The Bertz CT molecular complexity index is 4220. The van der Waals surface area contributed by atoms with Crippen LogP contribution in [0.1, 0.15) is 11.1 Å². The van der Waals surface area contributed by atoms with Crippen LogP contribution < -0.4 is 9.80 Å². The second-order valence-electron chi connectivity index (χ2n) is 19.3. The summed E-state index contributed by atoms with van der Waals surface area (Å²) in [6.07, 6.45) is 0. The average molecular weight is 1010 g/mol. The lowest BCUT2D eigenvalue weighted by Gasteiger charge is -2.26. The zero-order chi connectivity index (χ0) is 53.1. The average Bonchev–Trinajstić information content (AvgIpc) is 4.07. The van der Waals surface area contributed by atoms with Gasteiger partial charge in [-0.1, -0.05) is 158 Å². The lowest BCUT2D eigenvalue weighted by atomic mass is 9.98. The van der Waals surface area contributed by atoms with Crippen LogP contribution in [0.5, 0.6) is 0 Å². The molecule has 0 saturated carbocycles. The van der Waals surface area contributed by atoms with E-state index in [4.69, 9.17) is 9.97 Å². The third-order valence-electron chi connectivity index (χ3n) is 14.5. The maximum atomic E-state index is 9.69. The lowest BCUT2D eigenvalue weighted by molar-refractivity contribution is 1.18. The zero-order valence-corrected chi connectivity index (χ0v) is 42.8. The number of aromatic nitrogens is 3. The fourth-order valence-corrected chi connectivity index (χ4v) is 10.5. The molecule has 11 aromatic carbocycles. The van der Waals surface area contributed by atoms with Crippen LogP contribution in [-0.2, 0) is 0 Å². The summed E-state index contributed by atoms with van der Waals surface area (Å²) in [5, 5.41) is 21.5. The van der Waals surface area contributed by atoms with E-state index in [0.717, 1.165) is 112 Å². The van der Waals surface area contributed by atoms with Gasteiger partial charge in [-0.15, -0.1) is 0 Å². The highest BCUT2D eigenvalue weighted by Gasteiger charge is 2.21. The second kappa shape index (κ2) is 20.9. The molecular formula is C72H47N7. The largest absolute Gasteiger partial charge is 0.310 e. The third kappa shape index (κ3) is 9.42. The van der Waals surface area contributed by atoms with Crippen molar-refractivity contribution in [2.24, 2.45) is 0 Å². The molecular weight excluding hydrogens is 963 g/mol. The van der Waals surface area contributed by atoms with Crippen LogP contribution in [0, 0.1) is 22.7 Å². The molecule has 2 heterocycles. The first-order chi connectivity index (χ1) is 39.0. The maximum Gasteiger partial charge on any atom is 0.160 e. The lowest BCUT2D eigenvalue weighted by Crippen LogP contribution is -2.10. The Kier molecular flexibility index (Phi) is 12.6. The van der Waals surface area contributed by atoms with E-state index < -0.39 is 0 Å². The van der Waals surface area contributed by atoms with E-state index in [1.165, 1.54) is 0 Å². The number of para-hydroxylation sites is 2. The Morgan fingerprint density at radius 2 is 0.620 bits per heavy atom. The standard InChI is InChI=1S/C72H47N7/c73-48-50-21-35-61(36-22-50)78(62-37-23-51(49-74)24-38-62)65-42-44-71-67(46-65)66-45-64(77(59-17-9-3-10-18-59)60-19-11-4-12-20-60)41-43-70(66)79(71)63-39-33-55(34-40-63)53-27-25-52(26-28-53)54-29-31-57(32-30-54)69-47-68(56-13-5-1-6-14-56)75-72(76-69)58-15-7-2-8-16-58/h1-47H. The Labute approximate surface area is 458 Å². The van der Waals surface area contributed by atoms with Gasteiger partial charge in [-0.2, -0.15) is 10.5 Å². The molecule has 0 N–H and O–H groups in total. The SMILES string of the molecule is N#Cc1ccc(N(c2ccc(C#N)cc2)c2ccc3c(c2)c2cc(N(c4ccccc4)c4ccccc4)ccc2n3-c2ccc(-c3ccc(-c4ccc(-c5cc(-c6ccccc6)nc(-c6ccccc6)n5)cc4)cc3)cc2)cc1. The molecule has 13 rings (SSSR count). The van der Waals surface area contributed by atoms with Crippen LogP contribution >= 0.6 is 0 Å². The molecule has 0 aliphatic carbocycles. The molecule has 7 heteroatoms. The number of benzene rings is 11. The number of fused-ring (bicyclic) bond motifs is 3. The van der Waals surface area contributed by atoms with E-state index in [1.54, 1.807) is 0 Å². The van der Waals surface area contributed by atoms with Crippen LogP contribution in [0.3, 0.4) is 0 Å². The van der Waals surface area contributed by atoms with Crippen LogP contribution in [0.25, 0.3) is 83.6 Å². The van der Waals surface area contributed by atoms with Gasteiger partial charge in [0.25, 0.3) is 0 Å². The highest BCUT2D eigenvalue weighted by molar-refractivity contribution is 6.12. The molecule has 0 atom stereocenters. The molecule has 0 fully saturated rings. The van der Waals surface area contributed by atoms with Crippen LogP contribution in [0.15, 0.2) is 285 Å². The molecule has 0 amide bonds. The van der Waals surface area contributed by atoms with E-state index in [9.17, 15) is 10.5 Å². The van der Waals surface area contributed by atoms with Crippen LogP contribution in [0.4, 0.5) is 34.1 Å². The number of anilines is 6. The first-order valence-electron chi connectivity index (χ1n) is 26.2. The molecule has 79 heavy (non-hydrogen) atoms. The Morgan fingerprint density at radius 1 is 0.291 bits per heavy atom. The van der Waals surface area contributed by atoms with Crippen LogP contribution in [-0.4, -0.2) is 14.5 Å². The summed E-state index contributed by atoms with van der Waals surface area (Å²) in [5.41, 5.74) is 19.5. The smallest absolute Gasteiger partial charge is 0.160 e. The van der Waals surface area contributed by atoms with Crippen molar-refractivity contribution in [1.82, 2.24) is 14.5 Å². The summed E-state index contributed by atoms with van der Waals surface area (Å²) >= 11 is 0. The van der Waals surface area contributed by atoms with Crippen molar-refractivity contribution in [1.29, 1.82) is 10.5 Å². The molecule has 370 valence electrons. The number of rotatable bonds is 12. The number of nitrogens with zero attached hydrogens (tertiary/aromatic N) is 7. The van der Waals surface area contributed by atoms with Gasteiger partial charge < -0.3 is 14.4 Å². The van der Waals surface area contributed by atoms with Gasteiger partial charge in [0, 0.05) is 67.3 Å². The van der Waals surface area contributed by atoms with Crippen molar-refractivity contribution < 1.29 is 0 Å². The summed E-state index contributed by atoms with van der Waals surface area (Å²) in [5.74, 6) is 0.697. The minimum Gasteiger partial charge on any atom is -0.310 e. The minimum atomic E-state index is 0.581. The van der Waals surface area contributed by atoms with Gasteiger partial charge in [0.2, 0.25) is 0 Å². The van der Waals surface area contributed by atoms with Crippen molar-refractivity contribution in [2.75, 3.05) is 9.80 Å². The van der Waals surface area contributed by atoms with E-state index in [1.807, 2.05) is 97.1 Å².